The van der Waals surface area contributed by atoms with Crippen molar-refractivity contribution in [2.24, 2.45) is 17.6 Å². The molecule has 6 N–H and O–H groups in total. The molecule has 6 aromatic rings. The summed E-state index contributed by atoms with van der Waals surface area (Å²) in [4.78, 5) is 46.7. The molecule has 2 amide bonds. The van der Waals surface area contributed by atoms with E-state index in [-0.39, 0.29) is 35.9 Å². The Morgan fingerprint density at radius 2 is 1.57 bits per heavy atom. The van der Waals surface area contributed by atoms with Crippen LogP contribution in [0.4, 0.5) is 4.79 Å². The lowest BCUT2D eigenvalue weighted by molar-refractivity contribution is -0.135. The van der Waals surface area contributed by atoms with Gasteiger partial charge in [-0.05, 0) is 92.8 Å². The molecule has 0 bridgehead atoms. The zero-order valence-electron chi connectivity index (χ0n) is 39.9. The van der Waals surface area contributed by atoms with Crippen molar-refractivity contribution in [2.75, 3.05) is 40.5 Å². The van der Waals surface area contributed by atoms with Crippen molar-refractivity contribution in [1.29, 1.82) is 0 Å². The minimum Gasteiger partial charge on any atom is -0.494 e. The maximum atomic E-state index is 13.8. The van der Waals surface area contributed by atoms with Crippen molar-refractivity contribution in [3.63, 3.8) is 0 Å². The summed E-state index contributed by atoms with van der Waals surface area (Å²) in [6.07, 6.45) is 7.00. The predicted octanol–water partition coefficient (Wildman–Crippen LogP) is 8.32. The van der Waals surface area contributed by atoms with Gasteiger partial charge in [-0.2, -0.15) is 0 Å². The number of aliphatic hydroxyl groups excluding tert-OH is 1. The van der Waals surface area contributed by atoms with E-state index in [1.54, 1.807) is 7.11 Å². The molecule has 16 nitrogen and oxygen atoms in total. The molecule has 6 atom stereocenters. The average Bonchev–Trinajstić information content (AvgIpc) is 4.21. The van der Waals surface area contributed by atoms with Gasteiger partial charge in [-0.15, -0.1) is 0 Å². The molecule has 68 heavy (non-hydrogen) atoms. The second kappa shape index (κ2) is 20.2. The first-order valence-corrected chi connectivity index (χ1v) is 24.1. The van der Waals surface area contributed by atoms with E-state index in [1.807, 2.05) is 57.1 Å². The standard InChI is InChI=1S/C52H65N9O7/c1-30(2)45(53)49(62)59-20-10-14-41(59)47-55-29-39(57-47)33-16-18-37-43-26-35-24-32(38-28-54-48(56-38)42-15-11-21-60(42)50(63)46(31(3)4)58-52(64)66-6)17-19-40(35)61(43)51(68-44(37)27-33)34-12-9-13-36(25-34)67-23-8-7-22-65-5/h9,12-13,16-19,24-31,41-42,45-46,49,51,62H,7-8,10-11,14-15,20-23,53H2,1-6H3,(H,54,56)(H,55,57)(H,58,64). The minimum atomic E-state index is -0.758. The third kappa shape index (κ3) is 9.34. The van der Waals surface area contributed by atoms with Crippen molar-refractivity contribution in [3.05, 3.63) is 96.3 Å². The number of aromatic amines is 2. The molecule has 0 radical (unpaired) electrons. The molecule has 3 aromatic carbocycles. The Hall–Kier alpha value is -6.20. The molecule has 2 fully saturated rings. The van der Waals surface area contributed by atoms with Crippen molar-refractivity contribution in [2.45, 2.75) is 103 Å². The molecule has 16 heteroatoms. The Bertz CT molecular complexity index is 2730. The number of likely N-dealkylation sites (tertiary alicyclic amines) is 2. The lowest BCUT2D eigenvalue weighted by atomic mass is 10.0. The number of rotatable bonds is 17. The van der Waals surface area contributed by atoms with Gasteiger partial charge in [0.05, 0.1) is 60.8 Å². The maximum Gasteiger partial charge on any atom is 0.407 e. The number of nitrogens with one attached hydrogen (secondary N) is 3. The summed E-state index contributed by atoms with van der Waals surface area (Å²) in [6.45, 7) is 10.5. The summed E-state index contributed by atoms with van der Waals surface area (Å²) in [5.41, 5.74) is 13.9. The normalized spacial score (nSPS) is 19.5. The number of ether oxygens (including phenoxy) is 4. The number of H-pyrrole nitrogens is 2. The number of imidazole rings is 2. The molecule has 360 valence electrons. The summed E-state index contributed by atoms with van der Waals surface area (Å²) in [5.74, 6) is 2.89. The Morgan fingerprint density at radius 3 is 2.31 bits per heavy atom. The molecule has 3 aliphatic heterocycles. The lowest BCUT2D eigenvalue weighted by Gasteiger charge is -2.33. The van der Waals surface area contributed by atoms with Crippen LogP contribution in [0.15, 0.2) is 79.1 Å². The number of methoxy groups -OCH3 is 2. The third-order valence-electron chi connectivity index (χ3n) is 13.8. The molecular formula is C52H65N9O7. The van der Waals surface area contributed by atoms with Crippen LogP contribution in [-0.2, 0) is 14.3 Å². The van der Waals surface area contributed by atoms with Gasteiger partial charge in [-0.1, -0.05) is 52.0 Å². The third-order valence-corrected chi connectivity index (χ3v) is 13.8. The number of amides is 2. The molecule has 2 saturated heterocycles. The van der Waals surface area contributed by atoms with Crippen LogP contribution in [0.3, 0.4) is 0 Å². The van der Waals surface area contributed by atoms with Crippen molar-refractivity contribution in [1.82, 2.24) is 39.6 Å². The van der Waals surface area contributed by atoms with E-state index in [1.165, 1.54) is 7.11 Å². The van der Waals surface area contributed by atoms with Crippen LogP contribution in [0.1, 0.15) is 102 Å². The number of aliphatic hydroxyl groups is 1. The van der Waals surface area contributed by atoms with Crippen LogP contribution in [-0.4, -0.2) is 110 Å². The number of hydrogen-bond donors (Lipinski definition) is 5. The number of nitrogens with zero attached hydrogens (tertiary/aromatic N) is 5. The van der Waals surface area contributed by atoms with Crippen LogP contribution in [0, 0.1) is 11.8 Å². The summed E-state index contributed by atoms with van der Waals surface area (Å²) >= 11 is 0. The number of carbonyl (C=O) groups is 2. The van der Waals surface area contributed by atoms with E-state index in [0.717, 1.165) is 113 Å². The molecule has 3 aliphatic rings. The van der Waals surface area contributed by atoms with Crippen molar-refractivity contribution >= 4 is 22.9 Å². The molecule has 0 saturated carbocycles. The second-order valence-electron chi connectivity index (χ2n) is 19.0. The molecule has 9 rings (SSSR count). The average molecular weight is 928 g/mol. The molecule has 0 aliphatic carbocycles. The number of alkyl carbamates (subject to hydrolysis) is 1. The smallest absolute Gasteiger partial charge is 0.407 e. The van der Waals surface area contributed by atoms with E-state index in [9.17, 15) is 14.7 Å². The van der Waals surface area contributed by atoms with Gasteiger partial charge < -0.3 is 54.5 Å². The number of hydrogen-bond acceptors (Lipinski definition) is 11. The van der Waals surface area contributed by atoms with Gasteiger partial charge in [0.15, 0.2) is 0 Å². The fourth-order valence-electron chi connectivity index (χ4n) is 10.0. The number of aromatic nitrogens is 5. The summed E-state index contributed by atoms with van der Waals surface area (Å²) in [6, 6.07) is 21.6. The molecule has 6 heterocycles. The van der Waals surface area contributed by atoms with Crippen molar-refractivity contribution in [3.8, 4) is 45.3 Å². The maximum absolute atomic E-state index is 13.8. The van der Waals surface area contributed by atoms with E-state index in [2.05, 4.69) is 79.3 Å². The highest BCUT2D eigenvalue weighted by Gasteiger charge is 2.39. The van der Waals surface area contributed by atoms with Gasteiger partial charge in [0.25, 0.3) is 0 Å². The first-order chi connectivity index (χ1) is 32.9. The van der Waals surface area contributed by atoms with Crippen LogP contribution in [0.2, 0.25) is 0 Å². The first-order valence-electron chi connectivity index (χ1n) is 24.1. The number of nitrogens with two attached hydrogens (primary N) is 1. The van der Waals surface area contributed by atoms with Crippen LogP contribution in [0.5, 0.6) is 11.5 Å². The topological polar surface area (TPSA) is 198 Å². The van der Waals surface area contributed by atoms with E-state index in [4.69, 9.17) is 34.6 Å². The van der Waals surface area contributed by atoms with E-state index >= 15 is 0 Å². The Labute approximate surface area is 397 Å². The molecular weight excluding hydrogens is 863 g/mol. The molecule has 6 unspecified atom stereocenters. The monoisotopic (exact) mass is 928 g/mol. The molecule has 0 spiro atoms. The minimum absolute atomic E-state index is 0.0637. The van der Waals surface area contributed by atoms with Gasteiger partial charge in [0.2, 0.25) is 12.1 Å². The quantitative estimate of drug-likeness (QED) is 0.0552. The summed E-state index contributed by atoms with van der Waals surface area (Å²) in [5, 5.41) is 15.0. The predicted molar refractivity (Wildman–Crippen MR) is 260 cm³/mol. The first kappa shape index (κ1) is 46.9. The largest absolute Gasteiger partial charge is 0.494 e. The highest BCUT2D eigenvalue weighted by Crippen LogP contribution is 2.47. The fraction of sp³-hybridized carbons (Fsp3) is 0.462. The second-order valence-corrected chi connectivity index (χ2v) is 19.0. The van der Waals surface area contributed by atoms with Crippen molar-refractivity contribution < 1.29 is 33.6 Å². The van der Waals surface area contributed by atoms with Crippen LogP contribution < -0.4 is 20.5 Å². The van der Waals surface area contributed by atoms with Crippen LogP contribution in [0.25, 0.3) is 44.7 Å². The zero-order chi connectivity index (χ0) is 47.6. The van der Waals surface area contributed by atoms with Gasteiger partial charge in [-0.3, -0.25) is 9.69 Å². The number of benzene rings is 3. The highest BCUT2D eigenvalue weighted by atomic mass is 16.5. The highest BCUT2D eigenvalue weighted by molar-refractivity contribution is 5.92. The molecule has 3 aromatic heterocycles. The number of unbranched alkanes of at least 4 members (excludes halogenated alkanes) is 1. The Balaban J connectivity index is 1.03. The van der Waals surface area contributed by atoms with Gasteiger partial charge in [0.1, 0.15) is 35.4 Å². The zero-order valence-corrected chi connectivity index (χ0v) is 39.9. The fourth-order valence-corrected chi connectivity index (χ4v) is 10.0. The Kier molecular flexibility index (Phi) is 13.9. The van der Waals surface area contributed by atoms with Gasteiger partial charge in [-0.25, -0.2) is 14.8 Å². The van der Waals surface area contributed by atoms with Crippen LogP contribution >= 0.6 is 0 Å². The summed E-state index contributed by atoms with van der Waals surface area (Å²) in [7, 11) is 3.01. The van der Waals surface area contributed by atoms with Gasteiger partial charge in [0, 0.05) is 60.5 Å². The summed E-state index contributed by atoms with van der Waals surface area (Å²) < 4.78 is 25.6. The van der Waals surface area contributed by atoms with Gasteiger partial charge >= 0.3 is 6.09 Å². The Morgan fingerprint density at radius 1 is 0.868 bits per heavy atom. The lowest BCUT2D eigenvalue weighted by Crippen LogP contribution is -2.51. The number of fused-ring (bicyclic) bond motifs is 5. The SMILES string of the molecule is COCCCCOc1cccc(C2Oc3cc(-c4cnc(C5CCCN5C(O)C(N)C(C)C)[nH]4)ccc3-c3cc4cc(-c5cnc(C6CCCN6C(=O)C(NC(=O)OC)C(C)C)[nH]5)ccc4n32)c1. The van der Waals surface area contributed by atoms with E-state index < -0.39 is 24.6 Å². The number of carbonyl (C=O) groups excluding carboxylic acids is 2. The van der Waals surface area contributed by atoms with E-state index in [0.29, 0.717) is 25.6 Å².